The molecule has 0 fully saturated rings. The standard InChI is InChI=1S/C20H20N4O3/c21-19(22)16-4-2-14(3-5-16)15-6-8-17(9-7-15)24-12-1-11-23(20(24)27)13-10-18(25)26/h1-9,12H,10-11,13H2,(H3,21,22)(H,25,26). The van der Waals surface area contributed by atoms with E-state index in [0.29, 0.717) is 17.8 Å². The van der Waals surface area contributed by atoms with Gasteiger partial charge in [0.25, 0.3) is 0 Å². The Kier molecular flexibility index (Phi) is 5.21. The number of nitrogens with zero attached hydrogens (tertiary/aromatic N) is 2. The average Bonchev–Trinajstić information content (AvgIpc) is 2.67. The lowest BCUT2D eigenvalue weighted by Gasteiger charge is -2.31. The number of nitrogen functional groups attached to an aromatic ring is 1. The first-order valence-corrected chi connectivity index (χ1v) is 8.47. The zero-order valence-corrected chi connectivity index (χ0v) is 14.6. The van der Waals surface area contributed by atoms with Crippen LogP contribution in [0.1, 0.15) is 12.0 Å². The van der Waals surface area contributed by atoms with Gasteiger partial charge in [-0.3, -0.25) is 15.1 Å². The van der Waals surface area contributed by atoms with Crippen LogP contribution in [0.5, 0.6) is 0 Å². The molecule has 0 unspecified atom stereocenters. The number of carboxylic acids is 1. The van der Waals surface area contributed by atoms with Crippen LogP contribution < -0.4 is 10.6 Å². The third-order valence-electron chi connectivity index (χ3n) is 4.33. The molecule has 2 aromatic carbocycles. The molecule has 0 aromatic heterocycles. The Morgan fingerprint density at radius 3 is 2.22 bits per heavy atom. The summed E-state index contributed by atoms with van der Waals surface area (Å²) in [5.41, 5.74) is 8.80. The number of hydrogen-bond donors (Lipinski definition) is 3. The van der Waals surface area contributed by atoms with Gasteiger partial charge in [0.1, 0.15) is 5.84 Å². The first-order chi connectivity index (χ1) is 13.0. The lowest BCUT2D eigenvalue weighted by Crippen LogP contribution is -2.44. The lowest BCUT2D eigenvalue weighted by atomic mass is 10.0. The molecule has 0 aliphatic carbocycles. The number of carbonyl (C=O) groups excluding carboxylic acids is 1. The number of amidine groups is 1. The molecule has 7 nitrogen and oxygen atoms in total. The number of amides is 2. The van der Waals surface area contributed by atoms with Crippen LogP contribution in [0.25, 0.3) is 11.1 Å². The van der Waals surface area contributed by atoms with E-state index in [4.69, 9.17) is 16.2 Å². The monoisotopic (exact) mass is 364 g/mol. The molecule has 0 saturated heterocycles. The summed E-state index contributed by atoms with van der Waals surface area (Å²) in [4.78, 5) is 26.3. The van der Waals surface area contributed by atoms with Crippen molar-refractivity contribution in [3.63, 3.8) is 0 Å². The molecule has 2 amide bonds. The molecule has 1 aliphatic rings. The van der Waals surface area contributed by atoms with Crippen LogP contribution in [-0.2, 0) is 4.79 Å². The van der Waals surface area contributed by atoms with Crippen molar-refractivity contribution in [2.75, 3.05) is 18.0 Å². The quantitative estimate of drug-likeness (QED) is 0.540. The fourth-order valence-electron chi connectivity index (χ4n) is 2.84. The molecule has 3 rings (SSSR count). The van der Waals surface area contributed by atoms with Crippen LogP contribution in [0.3, 0.4) is 0 Å². The highest BCUT2D eigenvalue weighted by Crippen LogP contribution is 2.25. The van der Waals surface area contributed by atoms with E-state index < -0.39 is 5.97 Å². The molecular formula is C20H20N4O3. The number of aliphatic carboxylic acids is 1. The molecule has 138 valence electrons. The van der Waals surface area contributed by atoms with Gasteiger partial charge in [-0.15, -0.1) is 0 Å². The largest absolute Gasteiger partial charge is 0.481 e. The number of urea groups is 1. The zero-order chi connectivity index (χ0) is 19.4. The Hall–Kier alpha value is -3.61. The molecule has 1 aliphatic heterocycles. The van der Waals surface area contributed by atoms with Gasteiger partial charge < -0.3 is 15.7 Å². The molecule has 1 heterocycles. The van der Waals surface area contributed by atoms with Crippen molar-refractivity contribution in [3.05, 3.63) is 66.4 Å². The van der Waals surface area contributed by atoms with Crippen molar-refractivity contribution in [1.29, 1.82) is 5.41 Å². The number of carboxylic acid groups (broad SMARTS) is 1. The first-order valence-electron chi connectivity index (χ1n) is 8.47. The van der Waals surface area contributed by atoms with E-state index in [-0.39, 0.29) is 24.8 Å². The maximum absolute atomic E-state index is 12.6. The smallest absolute Gasteiger partial charge is 0.328 e. The topological polar surface area (TPSA) is 111 Å². The highest BCUT2D eigenvalue weighted by molar-refractivity contribution is 5.96. The number of carbonyl (C=O) groups is 2. The van der Waals surface area contributed by atoms with E-state index in [2.05, 4.69) is 0 Å². The predicted molar refractivity (Wildman–Crippen MR) is 104 cm³/mol. The minimum absolute atomic E-state index is 0.0275. The minimum Gasteiger partial charge on any atom is -0.481 e. The Bertz CT molecular complexity index is 888. The van der Waals surface area contributed by atoms with Gasteiger partial charge >= 0.3 is 12.0 Å². The van der Waals surface area contributed by atoms with E-state index in [9.17, 15) is 9.59 Å². The summed E-state index contributed by atoms with van der Waals surface area (Å²) in [5.74, 6) is -0.899. The average molecular weight is 364 g/mol. The van der Waals surface area contributed by atoms with Crippen LogP contribution in [0.15, 0.2) is 60.8 Å². The summed E-state index contributed by atoms with van der Waals surface area (Å²) in [6.07, 6.45) is 3.45. The van der Waals surface area contributed by atoms with Gasteiger partial charge in [0.2, 0.25) is 0 Å². The highest BCUT2D eigenvalue weighted by atomic mass is 16.4. The lowest BCUT2D eigenvalue weighted by molar-refractivity contribution is -0.137. The molecular weight excluding hydrogens is 344 g/mol. The fourth-order valence-corrected chi connectivity index (χ4v) is 2.84. The molecule has 0 saturated carbocycles. The second kappa shape index (κ2) is 7.74. The van der Waals surface area contributed by atoms with E-state index in [1.807, 2.05) is 42.5 Å². The van der Waals surface area contributed by atoms with Crippen molar-refractivity contribution >= 4 is 23.5 Å². The summed E-state index contributed by atoms with van der Waals surface area (Å²) < 4.78 is 0. The van der Waals surface area contributed by atoms with Crippen molar-refractivity contribution in [2.24, 2.45) is 5.73 Å². The number of hydrogen-bond acceptors (Lipinski definition) is 3. The third kappa shape index (κ3) is 4.14. The van der Waals surface area contributed by atoms with Gasteiger partial charge in [-0.05, 0) is 29.3 Å². The molecule has 27 heavy (non-hydrogen) atoms. The van der Waals surface area contributed by atoms with Gasteiger partial charge in [0.15, 0.2) is 0 Å². The zero-order valence-electron chi connectivity index (χ0n) is 14.6. The highest BCUT2D eigenvalue weighted by Gasteiger charge is 2.23. The summed E-state index contributed by atoms with van der Waals surface area (Å²) in [6.45, 7) is 0.582. The Balaban J connectivity index is 1.75. The van der Waals surface area contributed by atoms with Crippen LogP contribution in [0, 0.1) is 5.41 Å². The molecule has 0 spiro atoms. The molecule has 4 N–H and O–H groups in total. The fraction of sp³-hybridized carbons (Fsp3) is 0.150. The summed E-state index contributed by atoms with van der Waals surface area (Å²) in [6, 6.07) is 14.7. The van der Waals surface area contributed by atoms with E-state index in [0.717, 1.165) is 11.1 Å². The van der Waals surface area contributed by atoms with Gasteiger partial charge in [-0.1, -0.05) is 36.4 Å². The number of nitrogens with one attached hydrogen (secondary N) is 1. The van der Waals surface area contributed by atoms with E-state index >= 15 is 0 Å². The van der Waals surface area contributed by atoms with Gasteiger partial charge in [0.05, 0.1) is 12.1 Å². The van der Waals surface area contributed by atoms with Crippen LogP contribution in [0.4, 0.5) is 10.5 Å². The molecule has 0 radical (unpaired) electrons. The number of benzene rings is 2. The van der Waals surface area contributed by atoms with Crippen molar-refractivity contribution in [2.45, 2.75) is 6.42 Å². The Morgan fingerprint density at radius 2 is 1.67 bits per heavy atom. The van der Waals surface area contributed by atoms with Crippen LogP contribution >= 0.6 is 0 Å². The van der Waals surface area contributed by atoms with Crippen molar-refractivity contribution in [1.82, 2.24) is 4.90 Å². The molecule has 0 bridgehead atoms. The second-order valence-corrected chi connectivity index (χ2v) is 6.17. The normalized spacial score (nSPS) is 13.7. The van der Waals surface area contributed by atoms with Crippen molar-refractivity contribution in [3.8, 4) is 11.1 Å². The van der Waals surface area contributed by atoms with E-state index in [1.165, 1.54) is 9.80 Å². The summed E-state index contributed by atoms with van der Waals surface area (Å²) in [7, 11) is 0. The first kappa shape index (κ1) is 18.2. The summed E-state index contributed by atoms with van der Waals surface area (Å²) in [5, 5.41) is 16.2. The minimum atomic E-state index is -0.927. The van der Waals surface area contributed by atoms with Gasteiger partial charge in [-0.25, -0.2) is 4.79 Å². The van der Waals surface area contributed by atoms with Gasteiger partial charge in [0, 0.05) is 24.9 Å². The predicted octanol–water partition coefficient (Wildman–Crippen LogP) is 2.87. The number of anilines is 1. The number of nitrogens with two attached hydrogens (primary N) is 1. The Labute approximate surface area is 156 Å². The maximum Gasteiger partial charge on any atom is 0.328 e. The van der Waals surface area contributed by atoms with Gasteiger partial charge in [-0.2, -0.15) is 0 Å². The number of rotatable bonds is 6. The molecule has 2 aromatic rings. The molecule has 7 heteroatoms. The summed E-state index contributed by atoms with van der Waals surface area (Å²) >= 11 is 0. The van der Waals surface area contributed by atoms with Crippen LogP contribution in [-0.4, -0.2) is 40.9 Å². The SMILES string of the molecule is N=C(N)c1ccc(-c2ccc(N3C=CCN(CCC(=O)O)C3=O)cc2)cc1. The third-order valence-corrected chi connectivity index (χ3v) is 4.33. The Morgan fingerprint density at radius 1 is 1.07 bits per heavy atom. The molecule has 0 atom stereocenters. The second-order valence-electron chi connectivity index (χ2n) is 6.17. The van der Waals surface area contributed by atoms with Crippen LogP contribution in [0.2, 0.25) is 0 Å². The van der Waals surface area contributed by atoms with E-state index in [1.54, 1.807) is 18.3 Å². The maximum atomic E-state index is 12.6. The van der Waals surface area contributed by atoms with Crippen molar-refractivity contribution < 1.29 is 14.7 Å².